The second-order valence-corrected chi connectivity index (χ2v) is 7.60. The number of imide groups is 1. The summed E-state index contributed by atoms with van der Waals surface area (Å²) < 4.78 is 10.8. The third-order valence-corrected chi connectivity index (χ3v) is 5.24. The lowest BCUT2D eigenvalue weighted by Gasteiger charge is -2.24. The van der Waals surface area contributed by atoms with Gasteiger partial charge >= 0.3 is 12.1 Å². The third-order valence-electron chi connectivity index (χ3n) is 5.24. The Morgan fingerprint density at radius 3 is 2.35 bits per heavy atom. The van der Waals surface area contributed by atoms with E-state index in [1.165, 1.54) is 0 Å². The van der Waals surface area contributed by atoms with Crippen LogP contribution in [0.1, 0.15) is 30.4 Å². The monoisotopic (exact) mass is 425 g/mol. The molecule has 1 unspecified atom stereocenters. The molecule has 1 fully saturated rings. The van der Waals surface area contributed by atoms with Crippen molar-refractivity contribution >= 4 is 18.0 Å². The maximum atomic E-state index is 13.1. The van der Waals surface area contributed by atoms with Crippen molar-refractivity contribution in [2.45, 2.75) is 38.3 Å². The number of rotatable bonds is 11. The number of hydrogen-bond donors (Lipinski definition) is 1. The first-order valence-electron chi connectivity index (χ1n) is 10.4. The molecule has 0 bridgehead atoms. The topological polar surface area (TPSA) is 93.1 Å². The number of amides is 2. The molecule has 0 aromatic heterocycles. The van der Waals surface area contributed by atoms with Crippen LogP contribution in [0, 0.1) is 5.92 Å². The standard InChI is InChI=1S/C24H27NO6/c26-22(27)15-20(12-7-13-30-16-19-10-5-2-6-11-19)23(28)25-21(17-31-24(25)29)14-18-8-3-1-4-9-18/h1-6,8-11,20-21H,7,12-17H2,(H,26,27)/t20?,21-/m1/s1. The molecule has 2 atom stereocenters. The van der Waals surface area contributed by atoms with E-state index in [0.29, 0.717) is 32.5 Å². The summed E-state index contributed by atoms with van der Waals surface area (Å²) in [6.45, 7) is 0.964. The van der Waals surface area contributed by atoms with E-state index in [1.807, 2.05) is 60.7 Å². The predicted molar refractivity (Wildman–Crippen MR) is 113 cm³/mol. The molecule has 2 amide bonds. The van der Waals surface area contributed by atoms with E-state index in [4.69, 9.17) is 9.47 Å². The minimum Gasteiger partial charge on any atom is -0.481 e. The smallest absolute Gasteiger partial charge is 0.416 e. The number of nitrogens with zero attached hydrogens (tertiary/aromatic N) is 1. The molecular weight excluding hydrogens is 398 g/mol. The molecular formula is C24H27NO6. The summed E-state index contributed by atoms with van der Waals surface area (Å²) in [6, 6.07) is 18.8. The molecule has 2 aromatic carbocycles. The van der Waals surface area contributed by atoms with Crippen LogP contribution < -0.4 is 0 Å². The van der Waals surface area contributed by atoms with Crippen LogP contribution in [0.15, 0.2) is 60.7 Å². The van der Waals surface area contributed by atoms with Gasteiger partial charge in [0.2, 0.25) is 5.91 Å². The van der Waals surface area contributed by atoms with E-state index < -0.39 is 29.9 Å². The second-order valence-electron chi connectivity index (χ2n) is 7.60. The summed E-state index contributed by atoms with van der Waals surface area (Å²) in [5.41, 5.74) is 2.02. The van der Waals surface area contributed by atoms with Crippen molar-refractivity contribution in [2.75, 3.05) is 13.2 Å². The van der Waals surface area contributed by atoms with Crippen molar-refractivity contribution in [3.8, 4) is 0 Å². The SMILES string of the molecule is O=C(O)CC(CCCOCc1ccccc1)C(=O)N1C(=O)OC[C@H]1Cc1ccccc1. The molecule has 0 radical (unpaired) electrons. The van der Waals surface area contributed by atoms with Crippen molar-refractivity contribution in [3.05, 3.63) is 71.8 Å². The van der Waals surface area contributed by atoms with E-state index in [-0.39, 0.29) is 13.0 Å². The zero-order valence-electron chi connectivity index (χ0n) is 17.3. The van der Waals surface area contributed by atoms with Crippen molar-refractivity contribution in [2.24, 2.45) is 5.92 Å². The number of aliphatic carboxylic acids is 1. The van der Waals surface area contributed by atoms with Gasteiger partial charge in [-0.2, -0.15) is 0 Å². The lowest BCUT2D eigenvalue weighted by Crippen LogP contribution is -2.44. The number of cyclic esters (lactones) is 1. The van der Waals surface area contributed by atoms with Gasteiger partial charge in [-0.05, 0) is 30.4 Å². The molecule has 31 heavy (non-hydrogen) atoms. The molecule has 1 heterocycles. The number of benzene rings is 2. The Balaban J connectivity index is 1.56. The quantitative estimate of drug-likeness (QED) is 0.552. The number of carbonyl (C=O) groups is 3. The summed E-state index contributed by atoms with van der Waals surface area (Å²) in [7, 11) is 0. The molecule has 0 saturated carbocycles. The number of carboxylic acid groups (broad SMARTS) is 1. The molecule has 2 aromatic rings. The van der Waals surface area contributed by atoms with Crippen LogP contribution in [0.2, 0.25) is 0 Å². The Hall–Kier alpha value is -3.19. The van der Waals surface area contributed by atoms with Gasteiger partial charge < -0.3 is 14.6 Å². The van der Waals surface area contributed by atoms with Crippen LogP contribution in [0.3, 0.4) is 0 Å². The van der Waals surface area contributed by atoms with E-state index in [9.17, 15) is 19.5 Å². The molecule has 1 saturated heterocycles. The Labute approximate surface area is 181 Å². The maximum absolute atomic E-state index is 13.1. The largest absolute Gasteiger partial charge is 0.481 e. The van der Waals surface area contributed by atoms with Crippen LogP contribution in [0.4, 0.5) is 4.79 Å². The Kier molecular flexibility index (Phi) is 8.18. The van der Waals surface area contributed by atoms with Gasteiger partial charge in [-0.1, -0.05) is 60.7 Å². The van der Waals surface area contributed by atoms with Gasteiger partial charge in [-0.25, -0.2) is 9.69 Å². The highest BCUT2D eigenvalue weighted by Crippen LogP contribution is 2.23. The minimum absolute atomic E-state index is 0.111. The fraction of sp³-hybridized carbons (Fsp3) is 0.375. The Morgan fingerprint density at radius 2 is 1.71 bits per heavy atom. The van der Waals surface area contributed by atoms with Crippen molar-refractivity contribution in [1.29, 1.82) is 0 Å². The predicted octanol–water partition coefficient (Wildman–Crippen LogP) is 3.66. The van der Waals surface area contributed by atoms with Crippen LogP contribution in [-0.4, -0.2) is 47.2 Å². The minimum atomic E-state index is -1.07. The van der Waals surface area contributed by atoms with Gasteiger partial charge in [0.25, 0.3) is 0 Å². The van der Waals surface area contributed by atoms with Gasteiger partial charge in [0, 0.05) is 12.5 Å². The van der Waals surface area contributed by atoms with Crippen LogP contribution in [-0.2, 0) is 32.1 Å². The average molecular weight is 425 g/mol. The lowest BCUT2D eigenvalue weighted by atomic mass is 9.96. The highest BCUT2D eigenvalue weighted by Gasteiger charge is 2.41. The van der Waals surface area contributed by atoms with Gasteiger partial charge in [0.1, 0.15) is 6.61 Å². The zero-order valence-corrected chi connectivity index (χ0v) is 17.3. The molecule has 7 heteroatoms. The van der Waals surface area contributed by atoms with Gasteiger partial charge in [-0.15, -0.1) is 0 Å². The summed E-state index contributed by atoms with van der Waals surface area (Å²) >= 11 is 0. The van der Waals surface area contributed by atoms with Crippen molar-refractivity contribution in [3.63, 3.8) is 0 Å². The summed E-state index contributed by atoms with van der Waals surface area (Å²) in [5, 5.41) is 9.28. The normalized spacial score (nSPS) is 16.7. The van der Waals surface area contributed by atoms with Crippen LogP contribution in [0.25, 0.3) is 0 Å². The first kappa shape index (κ1) is 22.5. The Morgan fingerprint density at radius 1 is 1.06 bits per heavy atom. The molecule has 0 aliphatic carbocycles. The molecule has 7 nitrogen and oxygen atoms in total. The fourth-order valence-corrected chi connectivity index (χ4v) is 3.68. The molecule has 1 N–H and O–H groups in total. The Bertz CT molecular complexity index is 870. The number of carboxylic acids is 1. The first-order chi connectivity index (χ1) is 15.0. The third kappa shape index (κ3) is 6.65. The van der Waals surface area contributed by atoms with E-state index >= 15 is 0 Å². The summed E-state index contributed by atoms with van der Waals surface area (Å²) in [5.74, 6) is -2.37. The number of ether oxygens (including phenoxy) is 2. The van der Waals surface area contributed by atoms with Crippen molar-refractivity contribution in [1.82, 2.24) is 4.90 Å². The van der Waals surface area contributed by atoms with Crippen molar-refractivity contribution < 1.29 is 29.0 Å². The fourth-order valence-electron chi connectivity index (χ4n) is 3.68. The number of hydrogen-bond acceptors (Lipinski definition) is 5. The number of carbonyl (C=O) groups excluding carboxylic acids is 2. The van der Waals surface area contributed by atoms with E-state index in [2.05, 4.69) is 0 Å². The summed E-state index contributed by atoms with van der Waals surface area (Å²) in [6.07, 6.45) is 0.268. The van der Waals surface area contributed by atoms with Crippen LogP contribution >= 0.6 is 0 Å². The highest BCUT2D eigenvalue weighted by molar-refractivity contribution is 5.96. The van der Waals surface area contributed by atoms with E-state index in [0.717, 1.165) is 16.0 Å². The molecule has 164 valence electrons. The average Bonchev–Trinajstić information content (AvgIpc) is 3.13. The van der Waals surface area contributed by atoms with E-state index in [1.54, 1.807) is 0 Å². The van der Waals surface area contributed by atoms with Gasteiger partial charge in [0.15, 0.2) is 0 Å². The summed E-state index contributed by atoms with van der Waals surface area (Å²) in [4.78, 5) is 37.8. The molecule has 1 aliphatic heterocycles. The lowest BCUT2D eigenvalue weighted by molar-refractivity contribution is -0.144. The molecule has 1 aliphatic rings. The highest BCUT2D eigenvalue weighted by atomic mass is 16.6. The molecule has 0 spiro atoms. The first-order valence-corrected chi connectivity index (χ1v) is 10.4. The second kappa shape index (κ2) is 11.3. The van der Waals surface area contributed by atoms with Gasteiger partial charge in [-0.3, -0.25) is 9.59 Å². The van der Waals surface area contributed by atoms with Gasteiger partial charge in [0.05, 0.1) is 19.1 Å². The molecule has 3 rings (SSSR count). The maximum Gasteiger partial charge on any atom is 0.416 e. The zero-order chi connectivity index (χ0) is 22.1. The van der Waals surface area contributed by atoms with Crippen LogP contribution in [0.5, 0.6) is 0 Å².